The van der Waals surface area contributed by atoms with E-state index < -0.39 is 4.92 Å². The molecule has 5 nitrogen and oxygen atoms in total. The van der Waals surface area contributed by atoms with E-state index in [1.165, 1.54) is 30.3 Å². The van der Waals surface area contributed by atoms with Gasteiger partial charge in [-0.05, 0) is 42.2 Å². The third-order valence-electron chi connectivity index (χ3n) is 3.84. The van der Waals surface area contributed by atoms with Crippen LogP contribution in [-0.4, -0.2) is 10.8 Å². The van der Waals surface area contributed by atoms with Crippen LogP contribution < -0.4 is 5.32 Å². The Kier molecular flexibility index (Phi) is 4.00. The molecule has 0 heterocycles. The molecule has 1 N–H and O–H groups in total. The number of benzene rings is 2. The molecule has 0 saturated heterocycles. The molecule has 0 radical (unpaired) electrons. The Hall–Kier alpha value is -2.47. The maximum absolute atomic E-state index is 12.9. The highest BCUT2D eigenvalue weighted by molar-refractivity contribution is 6.32. The standard InChI is InChI=1S/C16H12ClFN2O3/c17-14-6-5-11(7-15(14)20(22)23)19-16(21)13-8-12(13)9-1-3-10(18)4-2-9/h1-7,12-13H,8H2,(H,19,21). The number of carbonyl (C=O) groups excluding carboxylic acids is 1. The van der Waals surface area contributed by atoms with Crippen molar-refractivity contribution in [2.24, 2.45) is 5.92 Å². The van der Waals surface area contributed by atoms with E-state index in [9.17, 15) is 19.3 Å². The van der Waals surface area contributed by atoms with Gasteiger partial charge in [0.1, 0.15) is 10.8 Å². The Labute approximate surface area is 136 Å². The van der Waals surface area contributed by atoms with Crippen LogP contribution in [0.4, 0.5) is 15.8 Å². The van der Waals surface area contributed by atoms with Crippen molar-refractivity contribution in [2.75, 3.05) is 5.32 Å². The molecule has 2 aromatic rings. The zero-order valence-electron chi connectivity index (χ0n) is 11.8. The third-order valence-corrected chi connectivity index (χ3v) is 4.16. The van der Waals surface area contributed by atoms with Crippen LogP contribution in [0.3, 0.4) is 0 Å². The summed E-state index contributed by atoms with van der Waals surface area (Å²) >= 11 is 5.73. The van der Waals surface area contributed by atoms with Gasteiger partial charge in [0.25, 0.3) is 5.69 Å². The molecule has 1 aliphatic carbocycles. The van der Waals surface area contributed by atoms with Gasteiger partial charge in [-0.2, -0.15) is 0 Å². The van der Waals surface area contributed by atoms with E-state index in [4.69, 9.17) is 11.6 Å². The summed E-state index contributed by atoms with van der Waals surface area (Å²) in [6, 6.07) is 10.2. The zero-order valence-corrected chi connectivity index (χ0v) is 12.6. The van der Waals surface area contributed by atoms with Crippen LogP contribution >= 0.6 is 11.6 Å². The van der Waals surface area contributed by atoms with Crippen LogP contribution in [0.1, 0.15) is 17.9 Å². The van der Waals surface area contributed by atoms with Crippen LogP contribution in [0.25, 0.3) is 0 Å². The zero-order chi connectivity index (χ0) is 16.6. The van der Waals surface area contributed by atoms with Gasteiger partial charge in [-0.3, -0.25) is 14.9 Å². The van der Waals surface area contributed by atoms with Gasteiger partial charge in [0, 0.05) is 17.7 Å². The van der Waals surface area contributed by atoms with Crippen LogP contribution in [0, 0.1) is 21.8 Å². The van der Waals surface area contributed by atoms with Crippen molar-refractivity contribution in [3.8, 4) is 0 Å². The highest BCUT2D eigenvalue weighted by Crippen LogP contribution is 2.48. The number of carbonyl (C=O) groups is 1. The van der Waals surface area contributed by atoms with Gasteiger partial charge in [0.05, 0.1) is 4.92 Å². The number of halogens is 2. The average molecular weight is 335 g/mol. The van der Waals surface area contributed by atoms with E-state index in [-0.39, 0.29) is 34.3 Å². The summed E-state index contributed by atoms with van der Waals surface area (Å²) in [6.07, 6.45) is 0.674. The minimum atomic E-state index is -0.601. The van der Waals surface area contributed by atoms with Crippen molar-refractivity contribution < 1.29 is 14.1 Å². The summed E-state index contributed by atoms with van der Waals surface area (Å²) in [5.41, 5.74) is 0.986. The molecule has 0 aromatic heterocycles. The summed E-state index contributed by atoms with van der Waals surface area (Å²) in [7, 11) is 0. The van der Waals surface area contributed by atoms with Gasteiger partial charge >= 0.3 is 0 Å². The molecule has 0 spiro atoms. The SMILES string of the molecule is O=C(Nc1ccc(Cl)c([N+](=O)[O-])c1)C1CC1c1ccc(F)cc1. The predicted molar refractivity (Wildman–Crippen MR) is 84.0 cm³/mol. The Morgan fingerprint density at radius 3 is 2.61 bits per heavy atom. The highest BCUT2D eigenvalue weighted by atomic mass is 35.5. The molecule has 2 aromatic carbocycles. The number of rotatable bonds is 4. The number of nitrogens with one attached hydrogen (secondary N) is 1. The number of hydrogen-bond donors (Lipinski definition) is 1. The average Bonchev–Trinajstić information content (AvgIpc) is 3.30. The fourth-order valence-electron chi connectivity index (χ4n) is 2.53. The lowest BCUT2D eigenvalue weighted by molar-refractivity contribution is -0.384. The quantitative estimate of drug-likeness (QED) is 0.675. The first-order valence-electron chi connectivity index (χ1n) is 6.96. The van der Waals surface area contributed by atoms with E-state index in [0.29, 0.717) is 12.1 Å². The molecule has 23 heavy (non-hydrogen) atoms. The van der Waals surface area contributed by atoms with E-state index >= 15 is 0 Å². The Morgan fingerprint density at radius 1 is 1.26 bits per heavy atom. The fraction of sp³-hybridized carbons (Fsp3) is 0.188. The second-order valence-electron chi connectivity index (χ2n) is 5.41. The molecule has 2 atom stereocenters. The predicted octanol–water partition coefficient (Wildman–Crippen LogP) is 4.13. The second-order valence-corrected chi connectivity index (χ2v) is 5.82. The maximum Gasteiger partial charge on any atom is 0.289 e. The van der Waals surface area contributed by atoms with Crippen molar-refractivity contribution >= 4 is 28.9 Å². The summed E-state index contributed by atoms with van der Waals surface area (Å²) in [6.45, 7) is 0. The summed E-state index contributed by atoms with van der Waals surface area (Å²) in [5.74, 6) is -0.687. The minimum absolute atomic E-state index is 0.0172. The van der Waals surface area contributed by atoms with Crippen LogP contribution in [0.15, 0.2) is 42.5 Å². The van der Waals surface area contributed by atoms with E-state index in [0.717, 1.165) is 5.56 Å². The number of anilines is 1. The maximum atomic E-state index is 12.9. The van der Waals surface area contributed by atoms with Gasteiger partial charge in [-0.15, -0.1) is 0 Å². The van der Waals surface area contributed by atoms with Gasteiger partial charge in [-0.25, -0.2) is 4.39 Å². The molecule has 0 aliphatic heterocycles. The summed E-state index contributed by atoms with van der Waals surface area (Å²) in [4.78, 5) is 22.5. The van der Waals surface area contributed by atoms with Gasteiger partial charge < -0.3 is 5.32 Å². The number of hydrogen-bond acceptors (Lipinski definition) is 3. The van der Waals surface area contributed by atoms with Crippen molar-refractivity contribution in [3.05, 3.63) is 69.0 Å². The van der Waals surface area contributed by atoms with E-state index in [1.807, 2.05) is 0 Å². The van der Waals surface area contributed by atoms with E-state index in [2.05, 4.69) is 5.32 Å². The highest BCUT2D eigenvalue weighted by Gasteiger charge is 2.43. The van der Waals surface area contributed by atoms with Crippen LogP contribution in [0.5, 0.6) is 0 Å². The van der Waals surface area contributed by atoms with Gasteiger partial charge in [0.15, 0.2) is 0 Å². The molecule has 1 amide bonds. The van der Waals surface area contributed by atoms with Crippen molar-refractivity contribution in [3.63, 3.8) is 0 Å². The first-order valence-corrected chi connectivity index (χ1v) is 7.34. The Balaban J connectivity index is 1.68. The number of amides is 1. The third kappa shape index (κ3) is 3.32. The number of nitrogens with zero attached hydrogens (tertiary/aromatic N) is 1. The van der Waals surface area contributed by atoms with Gasteiger partial charge in [-0.1, -0.05) is 23.7 Å². The molecule has 1 fully saturated rings. The molecule has 0 bridgehead atoms. The molecular weight excluding hydrogens is 323 g/mol. The smallest absolute Gasteiger partial charge is 0.289 e. The van der Waals surface area contributed by atoms with E-state index in [1.54, 1.807) is 12.1 Å². The molecule has 7 heteroatoms. The number of nitro groups is 1. The largest absolute Gasteiger partial charge is 0.326 e. The lowest BCUT2D eigenvalue weighted by atomic mass is 10.1. The summed E-state index contributed by atoms with van der Waals surface area (Å²) < 4.78 is 12.9. The second kappa shape index (κ2) is 5.96. The topological polar surface area (TPSA) is 72.2 Å². The first kappa shape index (κ1) is 15.4. The molecular formula is C16H12ClFN2O3. The first-order chi connectivity index (χ1) is 11.0. The monoisotopic (exact) mass is 334 g/mol. The normalized spacial score (nSPS) is 19.2. The molecule has 2 unspecified atom stereocenters. The van der Waals surface area contributed by atoms with Gasteiger partial charge in [0.2, 0.25) is 5.91 Å². The molecule has 1 saturated carbocycles. The fourth-order valence-corrected chi connectivity index (χ4v) is 2.71. The van der Waals surface area contributed by atoms with Crippen molar-refractivity contribution in [1.82, 2.24) is 0 Å². The van der Waals surface area contributed by atoms with Crippen LogP contribution in [-0.2, 0) is 4.79 Å². The Morgan fingerprint density at radius 2 is 1.96 bits per heavy atom. The number of nitro benzene ring substituents is 1. The molecule has 3 rings (SSSR count). The van der Waals surface area contributed by atoms with Crippen LogP contribution in [0.2, 0.25) is 5.02 Å². The minimum Gasteiger partial charge on any atom is -0.326 e. The summed E-state index contributed by atoms with van der Waals surface area (Å²) in [5, 5.41) is 13.5. The molecule has 118 valence electrons. The lowest BCUT2D eigenvalue weighted by Crippen LogP contribution is -2.14. The molecule has 1 aliphatic rings. The Bertz CT molecular complexity index is 779. The lowest BCUT2D eigenvalue weighted by Gasteiger charge is -2.06. The van der Waals surface area contributed by atoms with Crippen molar-refractivity contribution in [1.29, 1.82) is 0 Å². The van der Waals surface area contributed by atoms with Crippen molar-refractivity contribution in [2.45, 2.75) is 12.3 Å².